The third-order valence-corrected chi connectivity index (χ3v) is 7.53. The molecule has 0 radical (unpaired) electrons. The van der Waals surface area contributed by atoms with E-state index in [1.807, 2.05) is 0 Å². The number of hydrogen-bond donors (Lipinski definition) is 1. The van der Waals surface area contributed by atoms with Crippen molar-refractivity contribution in [1.29, 1.82) is 0 Å². The van der Waals surface area contributed by atoms with Gasteiger partial charge in [-0.05, 0) is 57.9 Å². The number of nitrogens with zero attached hydrogens (tertiary/aromatic N) is 1. The molecule has 2 fully saturated rings. The van der Waals surface area contributed by atoms with E-state index in [1.54, 1.807) is 36.4 Å². The summed E-state index contributed by atoms with van der Waals surface area (Å²) in [7, 11) is -3.62. The number of fused-ring (bicyclic) bond motifs is 3. The van der Waals surface area contributed by atoms with Gasteiger partial charge in [-0.25, -0.2) is 13.2 Å². The second-order valence-electron chi connectivity index (χ2n) is 7.15. The Morgan fingerprint density at radius 3 is 2.79 bits per heavy atom. The van der Waals surface area contributed by atoms with Gasteiger partial charge in [0.2, 0.25) is 15.8 Å². The van der Waals surface area contributed by atoms with Crippen LogP contribution in [0.15, 0.2) is 27.5 Å². The lowest BCUT2D eigenvalue weighted by Crippen LogP contribution is -2.42. The van der Waals surface area contributed by atoms with Crippen molar-refractivity contribution >= 4 is 39.4 Å². The van der Waals surface area contributed by atoms with Gasteiger partial charge in [-0.15, -0.1) is 12.4 Å². The molecule has 2 bridgehead atoms. The van der Waals surface area contributed by atoms with E-state index in [9.17, 15) is 13.2 Å². The Kier molecular flexibility index (Phi) is 6.05. The van der Waals surface area contributed by atoms with Crippen molar-refractivity contribution in [2.45, 2.75) is 50.1 Å². The number of hydrogen-bond acceptors (Lipinski definition) is 6. The highest BCUT2D eigenvalue weighted by Gasteiger charge is 2.43. The fourth-order valence-corrected chi connectivity index (χ4v) is 6.13. The van der Waals surface area contributed by atoms with Gasteiger partial charge in [-0.3, -0.25) is 0 Å². The van der Waals surface area contributed by atoms with Gasteiger partial charge in [-0.1, -0.05) is 0 Å². The summed E-state index contributed by atoms with van der Waals surface area (Å²) in [6.45, 7) is 5.26. The SMILES string of the molecule is CCOC(=O)c1oc2ccc(S(=O)(=O)N3C4CCNCC3CC4)cc2c1C.Cl. The molecule has 1 aromatic heterocycles. The van der Waals surface area contributed by atoms with Crippen LogP contribution in [0.3, 0.4) is 0 Å². The largest absolute Gasteiger partial charge is 0.460 e. The number of nitrogens with one attached hydrogen (secondary N) is 1. The number of benzene rings is 1. The first-order chi connectivity index (χ1) is 12.9. The zero-order valence-corrected chi connectivity index (χ0v) is 17.6. The summed E-state index contributed by atoms with van der Waals surface area (Å²) in [4.78, 5) is 12.3. The van der Waals surface area contributed by atoms with Gasteiger partial charge in [0, 0.05) is 29.6 Å². The monoisotopic (exact) mass is 428 g/mol. The molecule has 1 N–H and O–H groups in total. The highest BCUT2D eigenvalue weighted by atomic mass is 35.5. The van der Waals surface area contributed by atoms with Gasteiger partial charge < -0.3 is 14.5 Å². The maximum Gasteiger partial charge on any atom is 0.374 e. The first-order valence-electron chi connectivity index (χ1n) is 9.38. The van der Waals surface area contributed by atoms with E-state index in [4.69, 9.17) is 9.15 Å². The van der Waals surface area contributed by atoms with Gasteiger partial charge in [0.25, 0.3) is 0 Å². The summed E-state index contributed by atoms with van der Waals surface area (Å²) in [6, 6.07) is 4.85. The smallest absolute Gasteiger partial charge is 0.374 e. The van der Waals surface area contributed by atoms with Crippen LogP contribution in [0, 0.1) is 6.92 Å². The average Bonchev–Trinajstić information content (AvgIpc) is 3.10. The number of carbonyl (C=O) groups is 1. The van der Waals surface area contributed by atoms with Crippen LogP contribution < -0.4 is 5.32 Å². The minimum absolute atomic E-state index is 0. The highest BCUT2D eigenvalue weighted by Crippen LogP contribution is 2.35. The predicted octanol–water partition coefficient (Wildman–Crippen LogP) is 2.85. The van der Waals surface area contributed by atoms with Gasteiger partial charge in [0.1, 0.15) is 5.58 Å². The number of ether oxygens (including phenoxy) is 1. The lowest BCUT2D eigenvalue weighted by atomic mass is 10.1. The maximum atomic E-state index is 13.4. The Bertz CT molecular complexity index is 974. The number of sulfonamides is 1. The van der Waals surface area contributed by atoms with Gasteiger partial charge in [-0.2, -0.15) is 4.31 Å². The molecule has 28 heavy (non-hydrogen) atoms. The summed E-state index contributed by atoms with van der Waals surface area (Å²) in [6.07, 6.45) is 2.62. The number of aryl methyl sites for hydroxylation is 1. The summed E-state index contributed by atoms with van der Waals surface area (Å²) in [5.74, 6) is -0.410. The van der Waals surface area contributed by atoms with E-state index in [1.165, 1.54) is 0 Å². The molecule has 3 heterocycles. The van der Waals surface area contributed by atoms with Crippen LogP contribution in [-0.2, 0) is 14.8 Å². The van der Waals surface area contributed by atoms with E-state index in [0.29, 0.717) is 23.1 Å². The minimum Gasteiger partial charge on any atom is -0.460 e. The summed E-state index contributed by atoms with van der Waals surface area (Å²) in [5, 5.41) is 3.95. The van der Waals surface area contributed by atoms with Crippen LogP contribution >= 0.6 is 12.4 Å². The van der Waals surface area contributed by atoms with Crippen LogP contribution in [0.5, 0.6) is 0 Å². The Hall–Kier alpha value is -1.61. The molecular weight excluding hydrogens is 404 g/mol. The quantitative estimate of drug-likeness (QED) is 0.753. The second kappa shape index (κ2) is 8.02. The molecule has 154 valence electrons. The number of furan rings is 1. The molecule has 9 heteroatoms. The van der Waals surface area contributed by atoms with Crippen molar-refractivity contribution in [3.8, 4) is 0 Å². The van der Waals surface area contributed by atoms with E-state index in [2.05, 4.69) is 5.32 Å². The Labute approximate surface area is 170 Å². The first-order valence-corrected chi connectivity index (χ1v) is 10.8. The fourth-order valence-electron chi connectivity index (χ4n) is 4.20. The van der Waals surface area contributed by atoms with Gasteiger partial charge >= 0.3 is 5.97 Å². The molecule has 2 unspecified atom stereocenters. The van der Waals surface area contributed by atoms with E-state index in [0.717, 1.165) is 25.8 Å². The molecule has 2 saturated heterocycles. The zero-order chi connectivity index (χ0) is 19.2. The summed E-state index contributed by atoms with van der Waals surface area (Å²) < 4.78 is 39.1. The maximum absolute atomic E-state index is 13.4. The number of rotatable bonds is 4. The Morgan fingerprint density at radius 1 is 1.29 bits per heavy atom. The van der Waals surface area contributed by atoms with Crippen molar-refractivity contribution < 1.29 is 22.4 Å². The molecule has 0 amide bonds. The predicted molar refractivity (Wildman–Crippen MR) is 107 cm³/mol. The number of halogens is 1. The third-order valence-electron chi connectivity index (χ3n) is 5.53. The van der Waals surface area contributed by atoms with E-state index in [-0.39, 0.29) is 41.8 Å². The van der Waals surface area contributed by atoms with Crippen LogP contribution in [0.2, 0.25) is 0 Å². The van der Waals surface area contributed by atoms with Crippen LogP contribution in [0.4, 0.5) is 0 Å². The fraction of sp³-hybridized carbons (Fsp3) is 0.526. The van der Waals surface area contributed by atoms with E-state index < -0.39 is 16.0 Å². The van der Waals surface area contributed by atoms with Gasteiger partial charge in [0.15, 0.2) is 0 Å². The summed E-state index contributed by atoms with van der Waals surface area (Å²) in [5.41, 5.74) is 1.08. The van der Waals surface area contributed by atoms with Crippen molar-refractivity contribution in [2.24, 2.45) is 0 Å². The highest BCUT2D eigenvalue weighted by molar-refractivity contribution is 7.89. The van der Waals surface area contributed by atoms with Crippen molar-refractivity contribution in [3.05, 3.63) is 29.5 Å². The topological polar surface area (TPSA) is 88.8 Å². The zero-order valence-electron chi connectivity index (χ0n) is 15.9. The molecule has 2 aromatic rings. The van der Waals surface area contributed by atoms with Crippen molar-refractivity contribution in [1.82, 2.24) is 9.62 Å². The Balaban J connectivity index is 0.00000225. The van der Waals surface area contributed by atoms with Crippen LogP contribution in [0.1, 0.15) is 42.3 Å². The molecule has 2 atom stereocenters. The molecule has 0 saturated carbocycles. The summed E-state index contributed by atoms with van der Waals surface area (Å²) >= 11 is 0. The minimum atomic E-state index is -3.62. The molecular formula is C19H25ClN2O5S. The third kappa shape index (κ3) is 3.43. The molecule has 7 nitrogen and oxygen atoms in total. The Morgan fingerprint density at radius 2 is 2.04 bits per heavy atom. The molecule has 2 aliphatic rings. The molecule has 1 aromatic carbocycles. The average molecular weight is 429 g/mol. The van der Waals surface area contributed by atoms with Crippen LogP contribution in [0.25, 0.3) is 11.0 Å². The molecule has 0 spiro atoms. The normalized spacial score (nSPS) is 22.6. The van der Waals surface area contributed by atoms with Gasteiger partial charge in [0.05, 0.1) is 11.5 Å². The lowest BCUT2D eigenvalue weighted by molar-refractivity contribution is 0.0491. The van der Waals surface area contributed by atoms with E-state index >= 15 is 0 Å². The number of esters is 1. The number of carbonyl (C=O) groups excluding carboxylic acids is 1. The first kappa shape index (κ1) is 21.1. The van der Waals surface area contributed by atoms with Crippen molar-refractivity contribution in [2.75, 3.05) is 19.7 Å². The molecule has 2 aliphatic heterocycles. The lowest BCUT2D eigenvalue weighted by Gasteiger charge is -2.26. The molecule has 0 aliphatic carbocycles. The van der Waals surface area contributed by atoms with Crippen molar-refractivity contribution in [3.63, 3.8) is 0 Å². The molecule has 4 rings (SSSR count). The standard InChI is InChI=1S/C19H24N2O5S.ClH/c1-3-25-19(22)18-12(2)16-10-15(6-7-17(16)26-18)27(23,24)21-13-4-5-14(21)11-20-9-8-13;/h6-7,10,13-14,20H,3-5,8-9,11H2,1-2H3;1H. The second-order valence-corrected chi connectivity index (χ2v) is 8.99. The van der Waals surface area contributed by atoms with Crippen LogP contribution in [-0.4, -0.2) is 50.5 Å².